The van der Waals surface area contributed by atoms with Crippen LogP contribution in [0.2, 0.25) is 0 Å². The number of alkyl carbamates (subject to hydrolysis) is 1. The van der Waals surface area contributed by atoms with Crippen molar-refractivity contribution in [3.63, 3.8) is 0 Å². The number of nitrogens with two attached hydrogens (primary N) is 1. The summed E-state index contributed by atoms with van der Waals surface area (Å²) in [5.74, 6) is 0. The van der Waals surface area contributed by atoms with E-state index in [4.69, 9.17) is 10.5 Å². The molecule has 0 fully saturated rings. The molecule has 1 aromatic rings. The van der Waals surface area contributed by atoms with Gasteiger partial charge in [-0.05, 0) is 20.8 Å². The molecule has 0 bridgehead atoms. The highest BCUT2D eigenvalue weighted by molar-refractivity contribution is 5.67. The van der Waals surface area contributed by atoms with Crippen molar-refractivity contribution in [2.45, 2.75) is 44.9 Å². The predicted octanol–water partition coefficient (Wildman–Crippen LogP) is 2.18. The fraction of sp³-hybridized carbons (Fsp3) is 0.714. The van der Waals surface area contributed by atoms with Crippen molar-refractivity contribution in [1.29, 1.82) is 0 Å². The minimum Gasteiger partial charge on any atom is -0.444 e. The first-order valence-electron chi connectivity index (χ1n) is 7.07. The van der Waals surface area contributed by atoms with Crippen molar-refractivity contribution in [2.24, 2.45) is 12.8 Å². The molecule has 1 aromatic heterocycles. The minimum absolute atomic E-state index is 0.0638. The van der Waals surface area contributed by atoms with E-state index in [9.17, 15) is 18.0 Å². The van der Waals surface area contributed by atoms with Crippen LogP contribution in [-0.4, -0.2) is 34.6 Å². The SMILES string of the molecule is Cn1cc(C(C)(CN)CNC(=O)OC(C)(C)C)c(C(F)(F)F)n1. The molecule has 1 rings (SSSR count). The topological polar surface area (TPSA) is 82.2 Å². The molecule has 0 radical (unpaired) electrons. The van der Waals surface area contributed by atoms with E-state index in [2.05, 4.69) is 10.4 Å². The highest BCUT2D eigenvalue weighted by Gasteiger charge is 2.42. The molecule has 0 saturated heterocycles. The van der Waals surface area contributed by atoms with E-state index in [-0.39, 0.29) is 18.7 Å². The molecule has 1 unspecified atom stereocenters. The van der Waals surface area contributed by atoms with Crippen LogP contribution in [0.1, 0.15) is 39.0 Å². The molecular formula is C14H23F3N4O2. The average Bonchev–Trinajstić information content (AvgIpc) is 2.77. The number of aromatic nitrogens is 2. The summed E-state index contributed by atoms with van der Waals surface area (Å²) in [5.41, 5.74) is 2.78. The van der Waals surface area contributed by atoms with Crippen molar-refractivity contribution < 1.29 is 22.7 Å². The molecule has 0 aliphatic carbocycles. The Balaban J connectivity index is 3.00. The third-order valence-electron chi connectivity index (χ3n) is 3.22. The van der Waals surface area contributed by atoms with Crippen LogP contribution in [0.4, 0.5) is 18.0 Å². The lowest BCUT2D eigenvalue weighted by molar-refractivity contribution is -0.142. The number of halogens is 3. The van der Waals surface area contributed by atoms with Crippen molar-refractivity contribution in [2.75, 3.05) is 13.1 Å². The third-order valence-corrected chi connectivity index (χ3v) is 3.22. The van der Waals surface area contributed by atoms with Gasteiger partial charge in [-0.3, -0.25) is 4.68 Å². The first kappa shape index (κ1) is 19.3. The lowest BCUT2D eigenvalue weighted by Crippen LogP contribution is -2.45. The van der Waals surface area contributed by atoms with Crippen molar-refractivity contribution in [3.8, 4) is 0 Å². The molecule has 0 spiro atoms. The summed E-state index contributed by atoms with van der Waals surface area (Å²) >= 11 is 0. The number of carbonyl (C=O) groups is 1. The van der Waals surface area contributed by atoms with Crippen LogP contribution < -0.4 is 11.1 Å². The summed E-state index contributed by atoms with van der Waals surface area (Å²) in [6.45, 7) is 6.41. The predicted molar refractivity (Wildman–Crippen MR) is 78.9 cm³/mol. The second kappa shape index (κ2) is 6.38. The number of alkyl halides is 3. The van der Waals surface area contributed by atoms with Gasteiger partial charge in [-0.2, -0.15) is 18.3 Å². The fourth-order valence-electron chi connectivity index (χ4n) is 2.00. The standard InChI is InChI=1S/C14H23F3N4O2/c1-12(2,3)23-11(22)19-8-13(4,7-18)9-6-21(5)20-10(9)14(15,16)17/h6H,7-8,18H2,1-5H3,(H,19,22). The van der Waals surface area contributed by atoms with Gasteiger partial charge in [0.2, 0.25) is 0 Å². The maximum atomic E-state index is 13.1. The highest BCUT2D eigenvalue weighted by Crippen LogP contribution is 2.36. The molecule has 3 N–H and O–H groups in total. The van der Waals surface area contributed by atoms with Gasteiger partial charge in [0.15, 0.2) is 5.69 Å². The van der Waals surface area contributed by atoms with Crippen molar-refractivity contribution in [1.82, 2.24) is 15.1 Å². The third kappa shape index (κ3) is 5.12. The van der Waals surface area contributed by atoms with Gasteiger partial charge < -0.3 is 15.8 Å². The Labute approximate surface area is 133 Å². The van der Waals surface area contributed by atoms with E-state index in [1.165, 1.54) is 20.2 Å². The van der Waals surface area contributed by atoms with Crippen LogP contribution in [0.3, 0.4) is 0 Å². The quantitative estimate of drug-likeness (QED) is 0.883. The maximum Gasteiger partial charge on any atom is 0.435 e. The molecule has 132 valence electrons. The molecule has 0 aliphatic rings. The Morgan fingerprint density at radius 2 is 1.91 bits per heavy atom. The van der Waals surface area contributed by atoms with Gasteiger partial charge in [0.25, 0.3) is 0 Å². The monoisotopic (exact) mass is 336 g/mol. The van der Waals surface area contributed by atoms with Gasteiger partial charge in [0.1, 0.15) is 5.60 Å². The molecule has 0 aromatic carbocycles. The second-order valence-electron chi connectivity index (χ2n) is 6.68. The number of nitrogens with zero attached hydrogens (tertiary/aromatic N) is 2. The molecule has 1 atom stereocenters. The zero-order chi connectivity index (χ0) is 18.1. The Bertz CT molecular complexity index is 563. The molecule has 1 heterocycles. The number of hydrogen-bond donors (Lipinski definition) is 2. The second-order valence-corrected chi connectivity index (χ2v) is 6.68. The summed E-state index contributed by atoms with van der Waals surface area (Å²) in [6, 6.07) is 0. The molecular weight excluding hydrogens is 313 g/mol. The van der Waals surface area contributed by atoms with E-state index in [0.29, 0.717) is 0 Å². The van der Waals surface area contributed by atoms with Crippen LogP contribution >= 0.6 is 0 Å². The zero-order valence-corrected chi connectivity index (χ0v) is 13.9. The molecule has 23 heavy (non-hydrogen) atoms. The van der Waals surface area contributed by atoms with Crippen LogP contribution in [0.15, 0.2) is 6.20 Å². The largest absolute Gasteiger partial charge is 0.444 e. The van der Waals surface area contributed by atoms with E-state index in [1.54, 1.807) is 20.8 Å². The molecule has 1 amide bonds. The van der Waals surface area contributed by atoms with E-state index in [0.717, 1.165) is 4.68 Å². The minimum atomic E-state index is -4.60. The number of nitrogens with one attached hydrogen (secondary N) is 1. The van der Waals surface area contributed by atoms with E-state index in [1.807, 2.05) is 0 Å². The Morgan fingerprint density at radius 1 is 1.35 bits per heavy atom. The average molecular weight is 336 g/mol. The van der Waals surface area contributed by atoms with Crippen LogP contribution in [-0.2, 0) is 23.4 Å². The van der Waals surface area contributed by atoms with Gasteiger partial charge in [-0.15, -0.1) is 0 Å². The number of hydrogen-bond acceptors (Lipinski definition) is 4. The number of amides is 1. The molecule has 0 saturated carbocycles. The first-order chi connectivity index (χ1) is 10.3. The summed E-state index contributed by atoms with van der Waals surface area (Å²) in [4.78, 5) is 11.7. The Kier molecular flexibility index (Phi) is 5.35. The van der Waals surface area contributed by atoms with Gasteiger partial charge >= 0.3 is 12.3 Å². The maximum absolute atomic E-state index is 13.1. The van der Waals surface area contributed by atoms with Crippen molar-refractivity contribution in [3.05, 3.63) is 17.5 Å². The van der Waals surface area contributed by atoms with Gasteiger partial charge in [-0.1, -0.05) is 6.92 Å². The summed E-state index contributed by atoms with van der Waals surface area (Å²) in [6.07, 6.45) is -4.04. The summed E-state index contributed by atoms with van der Waals surface area (Å²) in [5, 5.41) is 5.95. The summed E-state index contributed by atoms with van der Waals surface area (Å²) < 4.78 is 45.5. The van der Waals surface area contributed by atoms with Crippen LogP contribution in [0.25, 0.3) is 0 Å². The number of ether oxygens (including phenoxy) is 1. The lowest BCUT2D eigenvalue weighted by Gasteiger charge is -2.29. The molecule has 9 heteroatoms. The van der Waals surface area contributed by atoms with Gasteiger partial charge in [0.05, 0.1) is 0 Å². The molecule has 0 aliphatic heterocycles. The lowest BCUT2D eigenvalue weighted by atomic mass is 9.82. The highest BCUT2D eigenvalue weighted by atomic mass is 19.4. The zero-order valence-electron chi connectivity index (χ0n) is 13.9. The number of rotatable bonds is 4. The number of carbonyl (C=O) groups excluding carboxylic acids is 1. The van der Waals surface area contributed by atoms with E-state index < -0.39 is 29.0 Å². The number of aryl methyl sites for hydroxylation is 1. The Hall–Kier alpha value is -1.77. The van der Waals surface area contributed by atoms with E-state index >= 15 is 0 Å². The fourth-order valence-corrected chi connectivity index (χ4v) is 2.00. The summed E-state index contributed by atoms with van der Waals surface area (Å²) in [7, 11) is 1.40. The van der Waals surface area contributed by atoms with Crippen LogP contribution in [0, 0.1) is 0 Å². The molecule has 6 nitrogen and oxygen atoms in total. The van der Waals surface area contributed by atoms with Crippen LogP contribution in [0.5, 0.6) is 0 Å². The van der Waals surface area contributed by atoms with Gasteiger partial charge in [0, 0.05) is 37.3 Å². The first-order valence-corrected chi connectivity index (χ1v) is 7.07. The van der Waals surface area contributed by atoms with Crippen molar-refractivity contribution >= 4 is 6.09 Å². The van der Waals surface area contributed by atoms with Gasteiger partial charge in [-0.25, -0.2) is 4.79 Å². The normalized spacial score (nSPS) is 15.2. The Morgan fingerprint density at radius 3 is 2.35 bits per heavy atom. The smallest absolute Gasteiger partial charge is 0.435 e.